The van der Waals surface area contributed by atoms with Crippen molar-refractivity contribution in [2.24, 2.45) is 0 Å². The number of halogens is 1. The van der Waals surface area contributed by atoms with Gasteiger partial charge in [0.25, 0.3) is 0 Å². The summed E-state index contributed by atoms with van der Waals surface area (Å²) < 4.78 is 17.9. The van der Waals surface area contributed by atoms with Gasteiger partial charge < -0.3 is 13.6 Å². The van der Waals surface area contributed by atoms with Crippen LogP contribution < -0.4 is 9.16 Å². The SMILES string of the molecule is CC(C)(Oc1ccc(O[Si](C)(C)C)c(Cl)c1)O[Si](C)(C)C. The molecule has 1 aromatic carbocycles. The van der Waals surface area contributed by atoms with Crippen molar-refractivity contribution in [3.05, 3.63) is 23.2 Å². The smallest absolute Gasteiger partial charge is 0.242 e. The van der Waals surface area contributed by atoms with Crippen LogP contribution >= 0.6 is 11.6 Å². The molecular formula is C15H27ClO3Si2. The predicted octanol–water partition coefficient (Wildman–Crippen LogP) is 5.52. The van der Waals surface area contributed by atoms with Gasteiger partial charge in [-0.25, -0.2) is 0 Å². The van der Waals surface area contributed by atoms with Crippen LogP contribution in [-0.2, 0) is 4.43 Å². The lowest BCUT2D eigenvalue weighted by Crippen LogP contribution is -2.42. The molecule has 3 nitrogen and oxygen atoms in total. The highest BCUT2D eigenvalue weighted by molar-refractivity contribution is 6.70. The molecule has 0 spiro atoms. The van der Waals surface area contributed by atoms with E-state index in [1.165, 1.54) is 0 Å². The van der Waals surface area contributed by atoms with Crippen molar-refractivity contribution in [1.29, 1.82) is 0 Å². The second kappa shape index (κ2) is 6.32. The summed E-state index contributed by atoms with van der Waals surface area (Å²) in [6.07, 6.45) is 0. The second-order valence-corrected chi connectivity index (χ2v) is 16.8. The van der Waals surface area contributed by atoms with Crippen molar-refractivity contribution < 1.29 is 13.6 Å². The van der Waals surface area contributed by atoms with Crippen LogP contribution in [0.15, 0.2) is 18.2 Å². The van der Waals surface area contributed by atoms with Crippen LogP contribution in [0.2, 0.25) is 44.3 Å². The minimum Gasteiger partial charge on any atom is -0.543 e. The zero-order chi connectivity index (χ0) is 16.5. The van der Waals surface area contributed by atoms with Gasteiger partial charge in [0.2, 0.25) is 8.32 Å². The van der Waals surface area contributed by atoms with Gasteiger partial charge in [-0.2, -0.15) is 0 Å². The highest BCUT2D eigenvalue weighted by atomic mass is 35.5. The van der Waals surface area contributed by atoms with E-state index >= 15 is 0 Å². The van der Waals surface area contributed by atoms with Crippen molar-refractivity contribution >= 4 is 28.2 Å². The highest BCUT2D eigenvalue weighted by Gasteiger charge is 2.29. The van der Waals surface area contributed by atoms with Crippen LogP contribution in [0.5, 0.6) is 11.5 Å². The Balaban J connectivity index is 2.85. The fourth-order valence-corrected chi connectivity index (χ4v) is 4.63. The molecule has 120 valence electrons. The molecule has 1 aromatic rings. The standard InChI is InChI=1S/C15H27ClO3Si2/c1-15(2,19-21(6,7)8)17-12-9-10-14(13(16)11-12)18-20(3,4)5/h9-11H,1-8H3. The van der Waals surface area contributed by atoms with E-state index in [2.05, 4.69) is 39.3 Å². The molecule has 0 aliphatic carbocycles. The highest BCUT2D eigenvalue weighted by Crippen LogP contribution is 2.32. The maximum absolute atomic E-state index is 6.28. The zero-order valence-corrected chi connectivity index (χ0v) is 17.1. The number of benzene rings is 1. The first-order valence-corrected chi connectivity index (χ1v) is 14.3. The van der Waals surface area contributed by atoms with E-state index in [-0.39, 0.29) is 0 Å². The Labute approximate surface area is 135 Å². The molecule has 0 aromatic heterocycles. The molecule has 0 heterocycles. The molecule has 0 fully saturated rings. The summed E-state index contributed by atoms with van der Waals surface area (Å²) in [7, 11) is -3.35. The predicted molar refractivity (Wildman–Crippen MR) is 94.6 cm³/mol. The van der Waals surface area contributed by atoms with E-state index in [1.807, 2.05) is 26.0 Å². The summed E-state index contributed by atoms with van der Waals surface area (Å²) in [5.74, 6) is 0.730. The molecular weight excluding hydrogens is 320 g/mol. The topological polar surface area (TPSA) is 27.7 Å². The Bertz CT molecular complexity index is 491. The maximum atomic E-state index is 6.28. The number of hydrogen-bond acceptors (Lipinski definition) is 3. The van der Waals surface area contributed by atoms with Gasteiger partial charge in [0.15, 0.2) is 14.1 Å². The first kappa shape index (κ1) is 18.6. The van der Waals surface area contributed by atoms with E-state index in [4.69, 9.17) is 25.2 Å². The van der Waals surface area contributed by atoms with Gasteiger partial charge in [-0.05, 0) is 65.3 Å². The normalized spacial score (nSPS) is 13.2. The Morgan fingerprint density at radius 3 is 1.95 bits per heavy atom. The molecule has 0 aliphatic rings. The summed E-state index contributed by atoms with van der Waals surface area (Å²) >= 11 is 6.28. The monoisotopic (exact) mass is 346 g/mol. The molecule has 0 N–H and O–H groups in total. The summed E-state index contributed by atoms with van der Waals surface area (Å²) in [5, 5.41) is 0.568. The van der Waals surface area contributed by atoms with Gasteiger partial charge in [0, 0.05) is 6.07 Å². The van der Waals surface area contributed by atoms with Crippen LogP contribution in [0, 0.1) is 0 Å². The molecule has 0 radical (unpaired) electrons. The van der Waals surface area contributed by atoms with Gasteiger partial charge >= 0.3 is 0 Å². The quantitative estimate of drug-likeness (QED) is 0.501. The zero-order valence-electron chi connectivity index (χ0n) is 14.3. The van der Waals surface area contributed by atoms with Crippen LogP contribution in [0.25, 0.3) is 0 Å². The van der Waals surface area contributed by atoms with Crippen molar-refractivity contribution in [1.82, 2.24) is 0 Å². The lowest BCUT2D eigenvalue weighted by atomic mass is 10.3. The molecule has 0 atom stereocenters. The fourth-order valence-electron chi connectivity index (χ4n) is 2.00. The molecule has 0 bridgehead atoms. The summed E-state index contributed by atoms with van der Waals surface area (Å²) in [5.41, 5.74) is 0. The third-order valence-corrected chi connectivity index (χ3v) is 4.47. The largest absolute Gasteiger partial charge is 0.543 e. The number of ether oxygens (including phenoxy) is 1. The van der Waals surface area contributed by atoms with Crippen LogP contribution in [0.3, 0.4) is 0 Å². The van der Waals surface area contributed by atoms with E-state index < -0.39 is 22.4 Å². The fraction of sp³-hybridized carbons (Fsp3) is 0.600. The van der Waals surface area contributed by atoms with E-state index in [0.29, 0.717) is 16.5 Å². The summed E-state index contributed by atoms with van der Waals surface area (Å²) in [6, 6.07) is 5.52. The third-order valence-electron chi connectivity index (χ3n) is 2.24. The van der Waals surface area contributed by atoms with Gasteiger partial charge in [0.05, 0.1) is 5.02 Å². The molecule has 0 aliphatic heterocycles. The average molecular weight is 347 g/mol. The summed E-state index contributed by atoms with van der Waals surface area (Å²) in [6.45, 7) is 16.6. The average Bonchev–Trinajstić information content (AvgIpc) is 2.15. The van der Waals surface area contributed by atoms with Crippen molar-refractivity contribution in [2.75, 3.05) is 0 Å². The van der Waals surface area contributed by atoms with E-state index in [9.17, 15) is 0 Å². The summed E-state index contributed by atoms with van der Waals surface area (Å²) in [4.78, 5) is 0. The van der Waals surface area contributed by atoms with E-state index in [1.54, 1.807) is 6.07 Å². The minimum atomic E-state index is -1.68. The van der Waals surface area contributed by atoms with Gasteiger partial charge in [-0.3, -0.25) is 0 Å². The maximum Gasteiger partial charge on any atom is 0.242 e. The lowest BCUT2D eigenvalue weighted by Gasteiger charge is -2.33. The molecule has 6 heteroatoms. The van der Waals surface area contributed by atoms with Crippen molar-refractivity contribution in [2.45, 2.75) is 58.9 Å². The van der Waals surface area contributed by atoms with Crippen LogP contribution in [0.1, 0.15) is 13.8 Å². The minimum absolute atomic E-state index is 0.568. The first-order chi connectivity index (χ1) is 9.27. The Morgan fingerprint density at radius 2 is 1.52 bits per heavy atom. The van der Waals surface area contributed by atoms with Crippen molar-refractivity contribution in [3.63, 3.8) is 0 Å². The van der Waals surface area contributed by atoms with Gasteiger partial charge in [-0.1, -0.05) is 11.6 Å². The first-order valence-electron chi connectivity index (χ1n) is 7.15. The van der Waals surface area contributed by atoms with Crippen LogP contribution in [0.4, 0.5) is 0 Å². The third kappa shape index (κ3) is 7.35. The van der Waals surface area contributed by atoms with Crippen molar-refractivity contribution in [3.8, 4) is 11.5 Å². The molecule has 1 rings (SSSR count). The number of hydrogen-bond donors (Lipinski definition) is 0. The van der Waals surface area contributed by atoms with Gasteiger partial charge in [0.1, 0.15) is 11.5 Å². The molecule has 21 heavy (non-hydrogen) atoms. The Hall–Kier alpha value is -0.496. The molecule has 0 unspecified atom stereocenters. The Morgan fingerprint density at radius 1 is 0.952 bits per heavy atom. The van der Waals surface area contributed by atoms with Gasteiger partial charge in [-0.15, -0.1) is 0 Å². The molecule has 0 saturated carbocycles. The number of rotatable bonds is 6. The second-order valence-electron chi connectivity index (χ2n) is 7.52. The Kier molecular flexibility index (Phi) is 5.58. The molecule has 0 amide bonds. The van der Waals surface area contributed by atoms with E-state index in [0.717, 1.165) is 0 Å². The lowest BCUT2D eigenvalue weighted by molar-refractivity contribution is -0.0877. The molecule has 0 saturated heterocycles. The van der Waals surface area contributed by atoms with Crippen LogP contribution in [-0.4, -0.2) is 22.4 Å².